The molecule has 84 valence electrons. The van der Waals surface area contributed by atoms with Crippen LogP contribution in [0.3, 0.4) is 0 Å². The van der Waals surface area contributed by atoms with Gasteiger partial charge in [0.2, 0.25) is 0 Å². The van der Waals surface area contributed by atoms with E-state index in [1.807, 2.05) is 0 Å². The van der Waals surface area contributed by atoms with Gasteiger partial charge in [-0.1, -0.05) is 58.3 Å². The molecule has 0 unspecified atom stereocenters. The van der Waals surface area contributed by atoms with Gasteiger partial charge in [-0.15, -0.1) is 0 Å². The molecule has 1 heteroatoms. The summed E-state index contributed by atoms with van der Waals surface area (Å²) in [6, 6.07) is 0. The second-order valence-electron chi connectivity index (χ2n) is 4.95. The number of unbranched alkanes of at least 4 members (excludes halogenated alkanes) is 5. The lowest BCUT2D eigenvalue weighted by Crippen LogP contribution is -2.15. The van der Waals surface area contributed by atoms with Crippen molar-refractivity contribution in [3.63, 3.8) is 0 Å². The van der Waals surface area contributed by atoms with Crippen LogP contribution in [0.15, 0.2) is 0 Å². The van der Waals surface area contributed by atoms with Crippen LogP contribution in [0.25, 0.3) is 0 Å². The summed E-state index contributed by atoms with van der Waals surface area (Å²) >= 11 is 4.82. The van der Waals surface area contributed by atoms with Crippen molar-refractivity contribution in [1.82, 2.24) is 0 Å². The lowest BCUT2D eigenvalue weighted by Gasteiger charge is -2.21. The number of rotatable bonds is 7. The van der Waals surface area contributed by atoms with Crippen LogP contribution in [0, 0.1) is 0 Å². The quantitative estimate of drug-likeness (QED) is 0.448. The van der Waals surface area contributed by atoms with E-state index in [-0.39, 0.29) is 0 Å². The molecule has 1 rings (SSSR count). The smallest absolute Gasteiger partial charge is 0.0130 e. The Balaban J connectivity index is 1.92. The summed E-state index contributed by atoms with van der Waals surface area (Å²) in [4.78, 5) is 0. The largest absolute Gasteiger partial charge is 0.173 e. The summed E-state index contributed by atoms with van der Waals surface area (Å²) in [6.45, 7) is 2.28. The van der Waals surface area contributed by atoms with Crippen molar-refractivity contribution in [3.05, 3.63) is 0 Å². The Morgan fingerprint density at radius 3 is 2.14 bits per heavy atom. The Morgan fingerprint density at radius 1 is 0.929 bits per heavy atom. The number of hydrogen-bond acceptors (Lipinski definition) is 1. The van der Waals surface area contributed by atoms with Crippen molar-refractivity contribution in [1.29, 1.82) is 0 Å². The zero-order chi connectivity index (χ0) is 10.3. The minimum absolute atomic E-state index is 0.435. The van der Waals surface area contributed by atoms with Crippen LogP contribution in [0.4, 0.5) is 0 Å². The fraction of sp³-hybridized carbons (Fsp3) is 1.00. The van der Waals surface area contributed by atoms with E-state index in [0.717, 1.165) is 0 Å². The summed E-state index contributed by atoms with van der Waals surface area (Å²) in [5, 5.41) is 0. The van der Waals surface area contributed by atoms with Crippen LogP contribution in [0.1, 0.15) is 77.6 Å². The molecule has 0 amide bonds. The Bertz CT molecular complexity index is 136. The monoisotopic (exact) mass is 214 g/mol. The normalized spacial score (nSPS) is 20.1. The van der Waals surface area contributed by atoms with Crippen molar-refractivity contribution in [2.45, 2.75) is 82.3 Å². The van der Waals surface area contributed by atoms with E-state index in [1.54, 1.807) is 0 Å². The van der Waals surface area contributed by atoms with Crippen molar-refractivity contribution in [3.8, 4) is 0 Å². The maximum Gasteiger partial charge on any atom is 0.0130 e. The molecule has 1 aliphatic rings. The van der Waals surface area contributed by atoms with E-state index in [2.05, 4.69) is 6.92 Å². The first-order chi connectivity index (χ1) is 6.77. The van der Waals surface area contributed by atoms with Crippen molar-refractivity contribution in [2.24, 2.45) is 0 Å². The molecule has 0 saturated heterocycles. The highest BCUT2D eigenvalue weighted by Gasteiger charge is 2.28. The molecule has 0 nitrogen and oxygen atoms in total. The molecule has 14 heavy (non-hydrogen) atoms. The molecule has 0 aliphatic heterocycles. The minimum atomic E-state index is 0.435. The Morgan fingerprint density at radius 2 is 1.50 bits per heavy atom. The molecule has 1 saturated carbocycles. The van der Waals surface area contributed by atoms with Gasteiger partial charge in [0.15, 0.2) is 0 Å². The molecule has 1 aliphatic carbocycles. The summed E-state index contributed by atoms with van der Waals surface area (Å²) in [5.74, 6) is 0. The topological polar surface area (TPSA) is 0 Å². The molecule has 1 fully saturated rings. The molecule has 0 radical (unpaired) electrons. The first-order valence-corrected chi connectivity index (χ1v) is 6.94. The van der Waals surface area contributed by atoms with Gasteiger partial charge in [-0.05, 0) is 19.3 Å². The number of hydrogen-bond donors (Lipinski definition) is 1. The Kier molecular flexibility index (Phi) is 6.00. The highest BCUT2D eigenvalue weighted by Crippen LogP contribution is 2.39. The maximum atomic E-state index is 4.82. The van der Waals surface area contributed by atoms with E-state index in [4.69, 9.17) is 12.6 Å². The van der Waals surface area contributed by atoms with Crippen molar-refractivity contribution < 1.29 is 0 Å². The third kappa shape index (κ3) is 4.72. The lowest BCUT2D eigenvalue weighted by molar-refractivity contribution is 0.504. The molecule has 0 N–H and O–H groups in total. The minimum Gasteiger partial charge on any atom is -0.173 e. The lowest BCUT2D eigenvalue weighted by atomic mass is 9.98. The van der Waals surface area contributed by atoms with Crippen molar-refractivity contribution in [2.75, 3.05) is 0 Å². The third-order valence-electron chi connectivity index (χ3n) is 3.53. The van der Waals surface area contributed by atoms with E-state index < -0.39 is 0 Å². The predicted molar refractivity (Wildman–Crippen MR) is 68.2 cm³/mol. The molecule has 0 aromatic heterocycles. The van der Waals surface area contributed by atoms with Crippen LogP contribution in [0.2, 0.25) is 0 Å². The van der Waals surface area contributed by atoms with Gasteiger partial charge >= 0.3 is 0 Å². The van der Waals surface area contributed by atoms with Gasteiger partial charge in [0, 0.05) is 4.75 Å². The first kappa shape index (κ1) is 12.4. The predicted octanol–water partition coefficient (Wildman–Crippen LogP) is 4.98. The van der Waals surface area contributed by atoms with Crippen LogP contribution >= 0.6 is 12.6 Å². The fourth-order valence-electron chi connectivity index (χ4n) is 2.52. The zero-order valence-electron chi connectivity index (χ0n) is 9.73. The summed E-state index contributed by atoms with van der Waals surface area (Å²) in [5.41, 5.74) is 0. The average Bonchev–Trinajstić information content (AvgIpc) is 2.59. The van der Waals surface area contributed by atoms with Gasteiger partial charge < -0.3 is 0 Å². The SMILES string of the molecule is CCCCCCCCC1(S)CCCC1. The Hall–Kier alpha value is 0.350. The van der Waals surface area contributed by atoms with Crippen LogP contribution < -0.4 is 0 Å². The van der Waals surface area contributed by atoms with E-state index in [0.29, 0.717) is 4.75 Å². The van der Waals surface area contributed by atoms with Gasteiger partial charge in [0.05, 0.1) is 0 Å². The molecule has 0 aromatic carbocycles. The highest BCUT2D eigenvalue weighted by molar-refractivity contribution is 7.81. The van der Waals surface area contributed by atoms with Gasteiger partial charge in [0.1, 0.15) is 0 Å². The second kappa shape index (κ2) is 6.76. The molecule has 0 aromatic rings. The van der Waals surface area contributed by atoms with Crippen molar-refractivity contribution >= 4 is 12.6 Å². The molecule has 0 spiro atoms. The van der Waals surface area contributed by atoms with Gasteiger partial charge in [-0.3, -0.25) is 0 Å². The molecular formula is C13H26S. The van der Waals surface area contributed by atoms with Crippen LogP contribution in [0.5, 0.6) is 0 Å². The maximum absolute atomic E-state index is 4.82. The van der Waals surface area contributed by atoms with E-state index in [9.17, 15) is 0 Å². The summed E-state index contributed by atoms with van der Waals surface area (Å²) in [6.07, 6.45) is 15.4. The molecule has 0 heterocycles. The standard InChI is InChI=1S/C13H26S/c1-2-3-4-5-6-7-10-13(14)11-8-9-12-13/h14H,2-12H2,1H3. The van der Waals surface area contributed by atoms with Gasteiger partial charge in [0.25, 0.3) is 0 Å². The first-order valence-electron chi connectivity index (χ1n) is 6.49. The second-order valence-corrected chi connectivity index (χ2v) is 5.90. The number of thiol groups is 1. The molecule has 0 bridgehead atoms. The average molecular weight is 214 g/mol. The fourth-order valence-corrected chi connectivity index (χ4v) is 2.99. The van der Waals surface area contributed by atoms with Gasteiger partial charge in [-0.2, -0.15) is 12.6 Å². The van der Waals surface area contributed by atoms with E-state index in [1.165, 1.54) is 70.6 Å². The molecule has 0 atom stereocenters. The van der Waals surface area contributed by atoms with Crippen LogP contribution in [-0.2, 0) is 0 Å². The van der Waals surface area contributed by atoms with Gasteiger partial charge in [-0.25, -0.2) is 0 Å². The summed E-state index contributed by atoms with van der Waals surface area (Å²) < 4.78 is 0.435. The summed E-state index contributed by atoms with van der Waals surface area (Å²) in [7, 11) is 0. The zero-order valence-corrected chi connectivity index (χ0v) is 10.6. The molecular weight excluding hydrogens is 188 g/mol. The highest BCUT2D eigenvalue weighted by atomic mass is 32.1. The van der Waals surface area contributed by atoms with E-state index >= 15 is 0 Å². The Labute approximate surface area is 95.3 Å². The third-order valence-corrected chi connectivity index (χ3v) is 4.20. The van der Waals surface area contributed by atoms with Crippen LogP contribution in [-0.4, -0.2) is 4.75 Å².